The fourth-order valence-corrected chi connectivity index (χ4v) is 1.91. The van der Waals surface area contributed by atoms with Gasteiger partial charge in [-0.05, 0) is 48.4 Å². The highest BCUT2D eigenvalue weighted by Gasteiger charge is 2.01. The highest BCUT2D eigenvalue weighted by molar-refractivity contribution is 6.31. The molecule has 2 aromatic carbocycles. The normalized spacial score (nSPS) is 10.2. The first-order chi connectivity index (χ1) is 9.06. The van der Waals surface area contributed by atoms with Gasteiger partial charge >= 0.3 is 0 Å². The van der Waals surface area contributed by atoms with Gasteiger partial charge in [-0.15, -0.1) is 0 Å². The summed E-state index contributed by atoms with van der Waals surface area (Å²) in [5, 5.41) is 4.03. The number of carbonyl (C=O) groups is 1. The maximum Gasteiger partial charge on any atom is 0.248 e. The van der Waals surface area contributed by atoms with Crippen LogP contribution in [-0.4, -0.2) is 5.91 Å². The van der Waals surface area contributed by atoms with Crippen molar-refractivity contribution in [1.82, 2.24) is 0 Å². The molecule has 2 aromatic rings. The molecule has 0 fully saturated rings. The van der Waals surface area contributed by atoms with Gasteiger partial charge in [0.05, 0.1) is 0 Å². The minimum Gasteiger partial charge on any atom is -0.381 e. The Labute approximate surface area is 117 Å². The summed E-state index contributed by atoms with van der Waals surface area (Å²) in [5.74, 6) is -0.420. The van der Waals surface area contributed by atoms with E-state index in [4.69, 9.17) is 17.3 Å². The van der Waals surface area contributed by atoms with Crippen molar-refractivity contribution >= 4 is 23.2 Å². The zero-order chi connectivity index (χ0) is 13.8. The molecule has 4 heteroatoms. The maximum absolute atomic E-state index is 10.9. The van der Waals surface area contributed by atoms with Gasteiger partial charge in [0.1, 0.15) is 0 Å². The Kier molecular flexibility index (Phi) is 4.07. The Morgan fingerprint density at radius 3 is 2.47 bits per heavy atom. The van der Waals surface area contributed by atoms with Crippen LogP contribution in [0.5, 0.6) is 0 Å². The summed E-state index contributed by atoms with van der Waals surface area (Å²) in [4.78, 5) is 10.9. The molecule has 0 saturated carbocycles. The molecule has 98 valence electrons. The van der Waals surface area contributed by atoms with E-state index in [-0.39, 0.29) is 0 Å². The number of hydrogen-bond acceptors (Lipinski definition) is 2. The van der Waals surface area contributed by atoms with Crippen LogP contribution in [0.25, 0.3) is 0 Å². The van der Waals surface area contributed by atoms with Crippen LogP contribution in [0.4, 0.5) is 5.69 Å². The number of benzene rings is 2. The third kappa shape index (κ3) is 3.48. The molecule has 0 radical (unpaired) electrons. The number of nitrogens with one attached hydrogen (secondary N) is 1. The Hall–Kier alpha value is -2.00. The number of anilines is 1. The monoisotopic (exact) mass is 274 g/mol. The molecule has 3 nitrogen and oxygen atoms in total. The summed E-state index contributed by atoms with van der Waals surface area (Å²) in [7, 11) is 0. The molecule has 3 N–H and O–H groups in total. The lowest BCUT2D eigenvalue weighted by atomic mass is 10.1. The minimum atomic E-state index is -0.420. The van der Waals surface area contributed by atoms with Gasteiger partial charge in [-0.1, -0.05) is 23.7 Å². The van der Waals surface area contributed by atoms with E-state index in [0.29, 0.717) is 12.1 Å². The van der Waals surface area contributed by atoms with Gasteiger partial charge in [0.15, 0.2) is 0 Å². The van der Waals surface area contributed by atoms with E-state index < -0.39 is 5.91 Å². The summed E-state index contributed by atoms with van der Waals surface area (Å²) >= 11 is 6.07. The number of rotatable bonds is 4. The van der Waals surface area contributed by atoms with E-state index in [0.717, 1.165) is 21.8 Å². The molecule has 0 spiro atoms. The maximum atomic E-state index is 10.9. The van der Waals surface area contributed by atoms with Gasteiger partial charge in [0.2, 0.25) is 5.91 Å². The summed E-state index contributed by atoms with van der Waals surface area (Å²) in [6.07, 6.45) is 0. The van der Waals surface area contributed by atoms with Gasteiger partial charge in [-0.3, -0.25) is 4.79 Å². The molecule has 19 heavy (non-hydrogen) atoms. The van der Waals surface area contributed by atoms with Crippen LogP contribution in [0.1, 0.15) is 21.5 Å². The molecule has 1 amide bonds. The van der Waals surface area contributed by atoms with E-state index in [1.807, 2.05) is 37.3 Å². The first-order valence-corrected chi connectivity index (χ1v) is 6.33. The Morgan fingerprint density at radius 2 is 1.89 bits per heavy atom. The number of aryl methyl sites for hydroxylation is 1. The Bertz CT molecular complexity index is 594. The number of carbonyl (C=O) groups excluding carboxylic acids is 1. The van der Waals surface area contributed by atoms with Crippen LogP contribution < -0.4 is 11.1 Å². The molecular weight excluding hydrogens is 260 g/mol. The van der Waals surface area contributed by atoms with Crippen LogP contribution >= 0.6 is 11.6 Å². The second kappa shape index (κ2) is 5.76. The van der Waals surface area contributed by atoms with Gasteiger partial charge < -0.3 is 11.1 Å². The summed E-state index contributed by atoms with van der Waals surface area (Å²) < 4.78 is 0. The molecule has 0 unspecified atom stereocenters. The quantitative estimate of drug-likeness (QED) is 0.898. The predicted octanol–water partition coefficient (Wildman–Crippen LogP) is 3.36. The van der Waals surface area contributed by atoms with E-state index in [1.54, 1.807) is 12.1 Å². The minimum absolute atomic E-state index is 0.420. The zero-order valence-corrected chi connectivity index (χ0v) is 11.4. The predicted molar refractivity (Wildman–Crippen MR) is 78.5 cm³/mol. The van der Waals surface area contributed by atoms with Crippen molar-refractivity contribution in [2.75, 3.05) is 5.32 Å². The van der Waals surface area contributed by atoms with Gasteiger partial charge in [0.25, 0.3) is 0 Å². The largest absolute Gasteiger partial charge is 0.381 e. The number of halogens is 1. The average Bonchev–Trinajstić information content (AvgIpc) is 2.40. The highest BCUT2D eigenvalue weighted by Crippen LogP contribution is 2.18. The van der Waals surface area contributed by atoms with Crippen LogP contribution in [0.2, 0.25) is 5.02 Å². The first-order valence-electron chi connectivity index (χ1n) is 5.95. The van der Waals surface area contributed by atoms with Crippen molar-refractivity contribution in [2.45, 2.75) is 13.5 Å². The van der Waals surface area contributed by atoms with Crippen LogP contribution in [0, 0.1) is 6.92 Å². The molecule has 0 aliphatic rings. The molecule has 0 bridgehead atoms. The van der Waals surface area contributed by atoms with Crippen LogP contribution in [0.3, 0.4) is 0 Å². The third-order valence-electron chi connectivity index (χ3n) is 2.90. The summed E-state index contributed by atoms with van der Waals surface area (Å²) in [6.45, 7) is 2.65. The van der Waals surface area contributed by atoms with Crippen molar-refractivity contribution in [3.63, 3.8) is 0 Å². The second-order valence-electron chi connectivity index (χ2n) is 4.38. The standard InChI is InChI=1S/C15H15ClN2O/c1-10-2-3-11(8-14(10)16)9-18-13-6-4-12(5-7-13)15(17)19/h2-8,18H,9H2,1H3,(H2,17,19). The van der Waals surface area contributed by atoms with Crippen molar-refractivity contribution in [2.24, 2.45) is 5.73 Å². The number of amides is 1. The molecule has 0 heterocycles. The van der Waals surface area contributed by atoms with E-state index in [9.17, 15) is 4.79 Å². The Morgan fingerprint density at radius 1 is 1.21 bits per heavy atom. The van der Waals surface area contributed by atoms with Crippen molar-refractivity contribution in [3.05, 3.63) is 64.2 Å². The molecule has 0 aliphatic carbocycles. The average molecular weight is 275 g/mol. The van der Waals surface area contributed by atoms with Crippen molar-refractivity contribution in [3.8, 4) is 0 Å². The van der Waals surface area contributed by atoms with E-state index >= 15 is 0 Å². The first kappa shape index (κ1) is 13.4. The fraction of sp³-hybridized carbons (Fsp3) is 0.133. The second-order valence-corrected chi connectivity index (χ2v) is 4.79. The summed E-state index contributed by atoms with van der Waals surface area (Å²) in [6, 6.07) is 13.0. The molecule has 0 aliphatic heterocycles. The number of nitrogens with two attached hydrogens (primary N) is 1. The van der Waals surface area contributed by atoms with Crippen LogP contribution in [-0.2, 0) is 6.54 Å². The van der Waals surface area contributed by atoms with Crippen molar-refractivity contribution in [1.29, 1.82) is 0 Å². The Balaban J connectivity index is 2.01. The van der Waals surface area contributed by atoms with Crippen LogP contribution in [0.15, 0.2) is 42.5 Å². The van der Waals surface area contributed by atoms with E-state index in [2.05, 4.69) is 5.32 Å². The number of hydrogen-bond donors (Lipinski definition) is 2. The van der Waals surface area contributed by atoms with E-state index in [1.165, 1.54) is 0 Å². The number of primary amides is 1. The fourth-order valence-electron chi connectivity index (χ4n) is 1.70. The molecule has 0 aromatic heterocycles. The smallest absolute Gasteiger partial charge is 0.248 e. The zero-order valence-electron chi connectivity index (χ0n) is 10.6. The van der Waals surface area contributed by atoms with Gasteiger partial charge in [-0.2, -0.15) is 0 Å². The molecule has 0 atom stereocenters. The van der Waals surface area contributed by atoms with Crippen molar-refractivity contribution < 1.29 is 4.79 Å². The SMILES string of the molecule is Cc1ccc(CNc2ccc(C(N)=O)cc2)cc1Cl. The van der Waals surface area contributed by atoms with Gasteiger partial charge in [0, 0.05) is 22.8 Å². The highest BCUT2D eigenvalue weighted by atomic mass is 35.5. The van der Waals surface area contributed by atoms with Gasteiger partial charge in [-0.25, -0.2) is 0 Å². The topological polar surface area (TPSA) is 55.1 Å². The molecular formula is C15H15ClN2O. The lowest BCUT2D eigenvalue weighted by Gasteiger charge is -2.08. The molecule has 2 rings (SSSR count). The third-order valence-corrected chi connectivity index (χ3v) is 3.31. The summed E-state index contributed by atoms with van der Waals surface area (Å²) in [5.41, 5.74) is 8.79. The lowest BCUT2D eigenvalue weighted by Crippen LogP contribution is -2.10. The molecule has 0 saturated heterocycles. The lowest BCUT2D eigenvalue weighted by molar-refractivity contribution is 0.100.